The van der Waals surface area contributed by atoms with Gasteiger partial charge in [-0.15, -0.1) is 0 Å². The molecule has 7 nitrogen and oxygen atoms in total. The largest absolute Gasteiger partial charge is 0.459 e. The summed E-state index contributed by atoms with van der Waals surface area (Å²) in [4.78, 5) is 20.5. The molecular formula is C15H20N4O3. The van der Waals surface area contributed by atoms with E-state index in [1.54, 1.807) is 22.1 Å². The van der Waals surface area contributed by atoms with E-state index < -0.39 is 0 Å². The zero-order valence-electron chi connectivity index (χ0n) is 13.1. The molecule has 0 aliphatic carbocycles. The van der Waals surface area contributed by atoms with Crippen molar-refractivity contribution >= 4 is 11.9 Å². The van der Waals surface area contributed by atoms with E-state index in [1.807, 2.05) is 21.0 Å². The van der Waals surface area contributed by atoms with Gasteiger partial charge in [-0.3, -0.25) is 4.79 Å². The van der Waals surface area contributed by atoms with Gasteiger partial charge >= 0.3 is 0 Å². The number of furan rings is 1. The first-order valence-electron chi connectivity index (χ1n) is 7.40. The molecule has 1 aliphatic heterocycles. The Morgan fingerprint density at radius 3 is 2.91 bits per heavy atom. The average molecular weight is 304 g/mol. The molecule has 1 saturated heterocycles. The Labute approximate surface area is 128 Å². The van der Waals surface area contributed by atoms with Gasteiger partial charge in [0.15, 0.2) is 5.76 Å². The molecule has 2 aromatic rings. The van der Waals surface area contributed by atoms with Crippen LogP contribution in [0.15, 0.2) is 21.3 Å². The highest BCUT2D eigenvalue weighted by atomic mass is 16.5. The van der Waals surface area contributed by atoms with Gasteiger partial charge in [-0.2, -0.15) is 4.98 Å². The van der Waals surface area contributed by atoms with Crippen LogP contribution in [0.4, 0.5) is 5.95 Å². The molecule has 118 valence electrons. The summed E-state index contributed by atoms with van der Waals surface area (Å²) < 4.78 is 10.7. The van der Waals surface area contributed by atoms with Crippen LogP contribution in [-0.4, -0.2) is 48.1 Å². The molecule has 1 atom stereocenters. The molecule has 1 aliphatic rings. The second-order valence-electron chi connectivity index (χ2n) is 5.85. The van der Waals surface area contributed by atoms with Crippen LogP contribution in [-0.2, 0) is 0 Å². The molecule has 0 N–H and O–H groups in total. The Balaban J connectivity index is 1.73. The lowest BCUT2D eigenvalue weighted by Crippen LogP contribution is -2.39. The minimum Gasteiger partial charge on any atom is -0.459 e. The monoisotopic (exact) mass is 304 g/mol. The first kappa shape index (κ1) is 14.6. The number of hydrogen-bond acceptors (Lipinski definition) is 6. The first-order chi connectivity index (χ1) is 10.6. The van der Waals surface area contributed by atoms with Crippen molar-refractivity contribution in [2.24, 2.45) is 0 Å². The van der Waals surface area contributed by atoms with Gasteiger partial charge in [0, 0.05) is 32.7 Å². The van der Waals surface area contributed by atoms with Crippen LogP contribution < -0.4 is 4.90 Å². The lowest BCUT2D eigenvalue weighted by atomic mass is 9.97. The lowest BCUT2D eigenvalue weighted by molar-refractivity contribution is 0.0662. The molecule has 1 amide bonds. The molecule has 0 bridgehead atoms. The highest BCUT2D eigenvalue weighted by molar-refractivity contribution is 5.92. The summed E-state index contributed by atoms with van der Waals surface area (Å²) in [5.41, 5.74) is 0.861. The van der Waals surface area contributed by atoms with Crippen molar-refractivity contribution in [1.82, 2.24) is 15.0 Å². The molecule has 1 fully saturated rings. The van der Waals surface area contributed by atoms with E-state index in [-0.39, 0.29) is 11.8 Å². The Kier molecular flexibility index (Phi) is 3.87. The van der Waals surface area contributed by atoms with Crippen LogP contribution in [0.5, 0.6) is 0 Å². The number of aromatic nitrogens is 2. The molecule has 0 spiro atoms. The van der Waals surface area contributed by atoms with Crippen molar-refractivity contribution in [3.63, 3.8) is 0 Å². The fraction of sp³-hybridized carbons (Fsp3) is 0.533. The molecule has 0 saturated carbocycles. The molecule has 22 heavy (non-hydrogen) atoms. The Morgan fingerprint density at radius 2 is 2.27 bits per heavy atom. The number of carbonyl (C=O) groups is 1. The van der Waals surface area contributed by atoms with Crippen LogP contribution >= 0.6 is 0 Å². The van der Waals surface area contributed by atoms with E-state index in [4.69, 9.17) is 8.94 Å². The molecule has 2 aromatic heterocycles. The number of amides is 1. The van der Waals surface area contributed by atoms with Gasteiger partial charge in [-0.1, -0.05) is 0 Å². The van der Waals surface area contributed by atoms with E-state index in [2.05, 4.69) is 10.1 Å². The lowest BCUT2D eigenvalue weighted by Gasteiger charge is -2.30. The number of nitrogens with zero attached hydrogens (tertiary/aromatic N) is 4. The van der Waals surface area contributed by atoms with Crippen LogP contribution in [0.1, 0.15) is 40.8 Å². The fourth-order valence-corrected chi connectivity index (χ4v) is 2.67. The Hall–Kier alpha value is -2.31. The number of piperidine rings is 1. The van der Waals surface area contributed by atoms with Crippen molar-refractivity contribution < 1.29 is 13.7 Å². The Morgan fingerprint density at radius 1 is 1.45 bits per heavy atom. The van der Waals surface area contributed by atoms with Crippen molar-refractivity contribution in [3.05, 3.63) is 29.5 Å². The molecule has 0 aromatic carbocycles. The summed E-state index contributed by atoms with van der Waals surface area (Å²) >= 11 is 0. The van der Waals surface area contributed by atoms with Crippen LogP contribution in [0.2, 0.25) is 0 Å². The third-order valence-corrected chi connectivity index (χ3v) is 3.95. The first-order valence-corrected chi connectivity index (χ1v) is 7.40. The van der Waals surface area contributed by atoms with Gasteiger partial charge in [-0.25, -0.2) is 0 Å². The van der Waals surface area contributed by atoms with Crippen molar-refractivity contribution in [2.45, 2.75) is 25.7 Å². The maximum Gasteiger partial charge on any atom is 0.289 e. The quantitative estimate of drug-likeness (QED) is 0.864. The molecule has 3 heterocycles. The summed E-state index contributed by atoms with van der Waals surface area (Å²) in [6.45, 7) is 3.18. The normalized spacial score (nSPS) is 18.5. The smallest absolute Gasteiger partial charge is 0.289 e. The van der Waals surface area contributed by atoms with Crippen molar-refractivity contribution in [1.29, 1.82) is 0 Å². The molecular weight excluding hydrogens is 284 g/mol. The maximum absolute atomic E-state index is 12.5. The van der Waals surface area contributed by atoms with Crippen LogP contribution in [0.25, 0.3) is 0 Å². The maximum atomic E-state index is 12.5. The topological polar surface area (TPSA) is 75.6 Å². The summed E-state index contributed by atoms with van der Waals surface area (Å²) in [5.74, 6) is 1.58. The van der Waals surface area contributed by atoms with Gasteiger partial charge in [0.1, 0.15) is 0 Å². The van der Waals surface area contributed by atoms with E-state index in [0.717, 1.165) is 24.9 Å². The molecule has 0 radical (unpaired) electrons. The number of hydrogen-bond donors (Lipinski definition) is 0. The zero-order chi connectivity index (χ0) is 15.7. The van der Waals surface area contributed by atoms with E-state index >= 15 is 0 Å². The number of carbonyl (C=O) groups excluding carboxylic acids is 1. The summed E-state index contributed by atoms with van der Waals surface area (Å²) in [7, 11) is 3.73. The van der Waals surface area contributed by atoms with Gasteiger partial charge in [0.2, 0.25) is 5.89 Å². The Bertz CT molecular complexity index is 661. The van der Waals surface area contributed by atoms with Crippen molar-refractivity contribution in [2.75, 3.05) is 32.1 Å². The second kappa shape index (κ2) is 5.82. The highest BCUT2D eigenvalue weighted by Crippen LogP contribution is 2.28. The molecule has 7 heteroatoms. The third-order valence-electron chi connectivity index (χ3n) is 3.95. The number of rotatable bonds is 3. The summed E-state index contributed by atoms with van der Waals surface area (Å²) in [6, 6.07) is 1.80. The van der Waals surface area contributed by atoms with Crippen LogP contribution in [0, 0.1) is 6.92 Å². The van der Waals surface area contributed by atoms with E-state index in [9.17, 15) is 4.79 Å². The predicted molar refractivity (Wildman–Crippen MR) is 79.9 cm³/mol. The zero-order valence-corrected chi connectivity index (χ0v) is 13.1. The number of anilines is 1. The summed E-state index contributed by atoms with van der Waals surface area (Å²) in [6.07, 6.45) is 3.40. The predicted octanol–water partition coefficient (Wildman–Crippen LogP) is 2.06. The SMILES string of the molecule is Cc1ccoc1C(=O)N1CCC[C@@H](c2nc(N(C)C)no2)C1. The second-order valence-corrected chi connectivity index (χ2v) is 5.85. The molecule has 0 unspecified atom stereocenters. The standard InChI is InChI=1S/C15H20N4O3/c1-10-6-8-21-12(10)14(20)19-7-4-5-11(9-19)13-16-15(17-22-13)18(2)3/h6,8,11H,4-5,7,9H2,1-3H3/t11-/m1/s1. The van der Waals surface area contributed by atoms with Crippen molar-refractivity contribution in [3.8, 4) is 0 Å². The average Bonchev–Trinajstić information content (AvgIpc) is 3.15. The molecule has 3 rings (SSSR count). The third kappa shape index (κ3) is 2.70. The van der Waals surface area contributed by atoms with E-state index in [0.29, 0.717) is 24.1 Å². The van der Waals surface area contributed by atoms with Gasteiger partial charge in [0.05, 0.1) is 12.2 Å². The van der Waals surface area contributed by atoms with Crippen LogP contribution in [0.3, 0.4) is 0 Å². The minimum atomic E-state index is -0.0699. The van der Waals surface area contributed by atoms with Gasteiger partial charge in [0.25, 0.3) is 11.9 Å². The highest BCUT2D eigenvalue weighted by Gasteiger charge is 2.30. The minimum absolute atomic E-state index is 0.0699. The fourth-order valence-electron chi connectivity index (χ4n) is 2.67. The van der Waals surface area contributed by atoms with Gasteiger partial charge in [-0.05, 0) is 31.0 Å². The summed E-state index contributed by atoms with van der Waals surface area (Å²) in [5, 5.41) is 3.94. The number of likely N-dealkylation sites (tertiary alicyclic amines) is 1. The van der Waals surface area contributed by atoms with Gasteiger partial charge < -0.3 is 18.7 Å². The van der Waals surface area contributed by atoms with E-state index in [1.165, 1.54) is 0 Å². The number of aryl methyl sites for hydroxylation is 1.